The van der Waals surface area contributed by atoms with Crippen molar-refractivity contribution >= 4 is 34.5 Å². The van der Waals surface area contributed by atoms with Gasteiger partial charge in [0.05, 0.1) is 12.9 Å². The van der Waals surface area contributed by atoms with E-state index in [1.807, 2.05) is 0 Å². The van der Waals surface area contributed by atoms with Crippen molar-refractivity contribution in [2.45, 2.75) is 19.1 Å². The molecule has 0 saturated carbocycles. The minimum Gasteiger partial charge on any atom is -0.355 e. The number of methoxy groups -OCH3 is 2. The van der Waals surface area contributed by atoms with E-state index in [1.54, 1.807) is 20.5 Å². The number of anilines is 1. The van der Waals surface area contributed by atoms with Crippen molar-refractivity contribution in [3.05, 3.63) is 11.6 Å². The Kier molecular flexibility index (Phi) is 5.67. The molecule has 9 nitrogen and oxygen atoms in total. The van der Waals surface area contributed by atoms with Crippen LogP contribution >= 0.6 is 11.6 Å². The molecule has 0 atom stereocenters. The van der Waals surface area contributed by atoms with E-state index in [9.17, 15) is 4.79 Å². The number of piperidine rings is 1. The molecule has 1 saturated heterocycles. The fourth-order valence-electron chi connectivity index (χ4n) is 2.97. The highest BCUT2D eigenvalue weighted by Gasteiger charge is 2.27. The molecule has 3 heterocycles. The molecule has 0 spiro atoms. The zero-order chi connectivity index (χ0) is 17.8. The van der Waals surface area contributed by atoms with Gasteiger partial charge in [0.15, 0.2) is 17.8 Å². The van der Waals surface area contributed by atoms with Gasteiger partial charge in [-0.2, -0.15) is 9.97 Å². The normalized spacial score (nSPS) is 15.9. The van der Waals surface area contributed by atoms with E-state index in [2.05, 4.69) is 30.2 Å². The Morgan fingerprint density at radius 2 is 2.12 bits per heavy atom. The minimum absolute atomic E-state index is 0.0196. The molecular formula is C15H21ClN6O3. The predicted molar refractivity (Wildman–Crippen MR) is 92.4 cm³/mol. The summed E-state index contributed by atoms with van der Waals surface area (Å²) in [4.78, 5) is 30.0. The molecule has 0 unspecified atom stereocenters. The van der Waals surface area contributed by atoms with Crippen LogP contribution in [0.5, 0.6) is 0 Å². The number of fused-ring (bicyclic) bond motifs is 1. The van der Waals surface area contributed by atoms with E-state index in [4.69, 9.17) is 21.1 Å². The van der Waals surface area contributed by atoms with Crippen molar-refractivity contribution in [3.63, 3.8) is 0 Å². The Hall–Kier alpha value is -1.97. The average Bonchev–Trinajstić information content (AvgIpc) is 3.10. The van der Waals surface area contributed by atoms with Crippen molar-refractivity contribution in [3.8, 4) is 0 Å². The Labute approximate surface area is 150 Å². The van der Waals surface area contributed by atoms with Crippen LogP contribution in [0.2, 0.25) is 5.28 Å². The molecule has 25 heavy (non-hydrogen) atoms. The van der Waals surface area contributed by atoms with E-state index in [1.165, 1.54) is 0 Å². The minimum atomic E-state index is -0.430. The Morgan fingerprint density at radius 3 is 2.80 bits per heavy atom. The number of carbonyl (C=O) groups excluding carboxylic acids is 1. The van der Waals surface area contributed by atoms with E-state index in [-0.39, 0.29) is 17.1 Å². The van der Waals surface area contributed by atoms with Crippen molar-refractivity contribution in [1.29, 1.82) is 0 Å². The van der Waals surface area contributed by atoms with Crippen LogP contribution in [0, 0.1) is 5.92 Å². The van der Waals surface area contributed by atoms with Crippen LogP contribution in [-0.4, -0.2) is 66.0 Å². The lowest BCUT2D eigenvalue weighted by molar-refractivity contribution is -0.131. The molecule has 1 amide bonds. The van der Waals surface area contributed by atoms with Gasteiger partial charge in [0.25, 0.3) is 0 Å². The van der Waals surface area contributed by atoms with Crippen molar-refractivity contribution in [2.75, 3.05) is 38.8 Å². The summed E-state index contributed by atoms with van der Waals surface area (Å²) in [5.41, 5.74) is 1.30. The first-order valence-corrected chi connectivity index (χ1v) is 8.45. The summed E-state index contributed by atoms with van der Waals surface area (Å²) in [6.45, 7) is 1.75. The molecule has 10 heteroatoms. The van der Waals surface area contributed by atoms with E-state index >= 15 is 0 Å². The van der Waals surface area contributed by atoms with Crippen LogP contribution in [0.3, 0.4) is 0 Å². The van der Waals surface area contributed by atoms with Crippen LogP contribution in [-0.2, 0) is 14.3 Å². The second-order valence-corrected chi connectivity index (χ2v) is 6.16. The van der Waals surface area contributed by atoms with Crippen LogP contribution < -0.4 is 10.2 Å². The SMILES string of the molecule is COC(CNC(=O)C1CCN(c2nc(Cl)nc3nc[nH]c23)CC1)OC. The molecule has 2 aromatic rings. The molecule has 2 N–H and O–H groups in total. The third kappa shape index (κ3) is 4.00. The van der Waals surface area contributed by atoms with E-state index < -0.39 is 6.29 Å². The zero-order valence-corrected chi connectivity index (χ0v) is 14.9. The number of halogens is 1. The second kappa shape index (κ2) is 7.94. The van der Waals surface area contributed by atoms with Gasteiger partial charge in [0, 0.05) is 33.2 Å². The highest BCUT2D eigenvalue weighted by atomic mass is 35.5. The topological polar surface area (TPSA) is 105 Å². The number of aromatic amines is 1. The van der Waals surface area contributed by atoms with Gasteiger partial charge in [0.1, 0.15) is 5.52 Å². The molecule has 0 aromatic carbocycles. The summed E-state index contributed by atoms with van der Waals surface area (Å²) in [6, 6.07) is 0. The number of nitrogens with one attached hydrogen (secondary N) is 2. The van der Waals surface area contributed by atoms with E-state index in [0.29, 0.717) is 25.3 Å². The lowest BCUT2D eigenvalue weighted by atomic mass is 9.96. The lowest BCUT2D eigenvalue weighted by Gasteiger charge is -2.32. The first kappa shape index (κ1) is 17.8. The number of ether oxygens (including phenoxy) is 2. The fraction of sp³-hybridized carbons (Fsp3) is 0.600. The standard InChI is InChI=1S/C15H21ClN6O3/c1-24-10(25-2)7-17-14(23)9-3-5-22(6-4-9)13-11-12(19-8-18-11)20-15(16)21-13/h8-10H,3-7H2,1-2H3,(H,17,23)(H,18,19,20,21). The highest BCUT2D eigenvalue weighted by Crippen LogP contribution is 2.27. The number of rotatable bonds is 6. The zero-order valence-electron chi connectivity index (χ0n) is 14.2. The number of hydrogen-bond donors (Lipinski definition) is 2. The molecule has 0 bridgehead atoms. The molecule has 0 radical (unpaired) electrons. The predicted octanol–water partition coefficient (Wildman–Crippen LogP) is 0.958. The summed E-state index contributed by atoms with van der Waals surface area (Å²) < 4.78 is 10.2. The summed E-state index contributed by atoms with van der Waals surface area (Å²) >= 11 is 5.99. The van der Waals surface area contributed by atoms with Gasteiger partial charge in [-0.3, -0.25) is 4.79 Å². The van der Waals surface area contributed by atoms with Crippen molar-refractivity contribution in [1.82, 2.24) is 25.3 Å². The van der Waals surface area contributed by atoms with Gasteiger partial charge in [0.2, 0.25) is 11.2 Å². The number of imidazole rings is 1. The summed E-state index contributed by atoms with van der Waals surface area (Å²) in [5, 5.41) is 3.04. The number of aromatic nitrogens is 4. The summed E-state index contributed by atoms with van der Waals surface area (Å²) in [5.74, 6) is 0.705. The van der Waals surface area contributed by atoms with E-state index in [0.717, 1.165) is 24.2 Å². The Morgan fingerprint density at radius 1 is 1.40 bits per heavy atom. The third-order valence-corrected chi connectivity index (χ3v) is 4.54. The number of nitrogens with zero attached hydrogens (tertiary/aromatic N) is 4. The number of H-pyrrole nitrogens is 1. The van der Waals surface area contributed by atoms with Crippen LogP contribution in [0.4, 0.5) is 5.82 Å². The summed E-state index contributed by atoms with van der Waals surface area (Å²) in [6.07, 6.45) is 2.60. The first-order chi connectivity index (χ1) is 12.1. The first-order valence-electron chi connectivity index (χ1n) is 8.07. The smallest absolute Gasteiger partial charge is 0.226 e. The maximum absolute atomic E-state index is 12.3. The Balaban J connectivity index is 1.60. The summed E-state index contributed by atoms with van der Waals surface area (Å²) in [7, 11) is 3.09. The molecular weight excluding hydrogens is 348 g/mol. The highest BCUT2D eigenvalue weighted by molar-refractivity contribution is 6.28. The van der Waals surface area contributed by atoms with Crippen LogP contribution in [0.15, 0.2) is 6.33 Å². The molecule has 1 fully saturated rings. The monoisotopic (exact) mass is 368 g/mol. The number of carbonyl (C=O) groups is 1. The molecule has 0 aliphatic carbocycles. The van der Waals surface area contributed by atoms with Crippen molar-refractivity contribution < 1.29 is 14.3 Å². The molecule has 3 rings (SSSR count). The fourth-order valence-corrected chi connectivity index (χ4v) is 3.13. The quantitative estimate of drug-likeness (QED) is 0.577. The van der Waals surface area contributed by atoms with Gasteiger partial charge in [-0.25, -0.2) is 4.98 Å². The molecule has 1 aliphatic heterocycles. The number of amides is 1. The maximum atomic E-state index is 12.3. The second-order valence-electron chi connectivity index (χ2n) is 5.82. The average molecular weight is 369 g/mol. The van der Waals surface area contributed by atoms with Gasteiger partial charge in [-0.1, -0.05) is 0 Å². The lowest BCUT2D eigenvalue weighted by Crippen LogP contribution is -2.43. The van der Waals surface area contributed by atoms with Crippen LogP contribution in [0.25, 0.3) is 11.2 Å². The third-order valence-electron chi connectivity index (χ3n) is 4.37. The van der Waals surface area contributed by atoms with Gasteiger partial charge >= 0.3 is 0 Å². The van der Waals surface area contributed by atoms with Crippen LogP contribution in [0.1, 0.15) is 12.8 Å². The van der Waals surface area contributed by atoms with Gasteiger partial charge < -0.3 is 24.7 Å². The Bertz CT molecular complexity index is 727. The van der Waals surface area contributed by atoms with Crippen molar-refractivity contribution in [2.24, 2.45) is 5.92 Å². The molecule has 136 valence electrons. The number of hydrogen-bond acceptors (Lipinski definition) is 7. The largest absolute Gasteiger partial charge is 0.355 e. The molecule has 1 aliphatic rings. The molecule has 2 aromatic heterocycles. The van der Waals surface area contributed by atoms with Gasteiger partial charge in [-0.15, -0.1) is 0 Å². The maximum Gasteiger partial charge on any atom is 0.226 e. The van der Waals surface area contributed by atoms with Gasteiger partial charge in [-0.05, 0) is 24.4 Å².